The largest absolute Gasteiger partial charge is 0.369 e. The topological polar surface area (TPSA) is 64.4 Å². The first-order chi connectivity index (χ1) is 13.0. The number of carbonyl (C=O) groups excluding carboxylic acids is 2. The maximum atomic E-state index is 12.8. The van der Waals surface area contributed by atoms with Crippen molar-refractivity contribution in [1.82, 2.24) is 4.90 Å². The van der Waals surface area contributed by atoms with E-state index in [9.17, 15) is 14.9 Å². The van der Waals surface area contributed by atoms with Gasteiger partial charge in [0.2, 0.25) is 0 Å². The van der Waals surface area contributed by atoms with Gasteiger partial charge in [0.05, 0.1) is 11.6 Å². The lowest BCUT2D eigenvalue weighted by atomic mass is 10.1. The van der Waals surface area contributed by atoms with Gasteiger partial charge < -0.3 is 9.80 Å². The minimum Gasteiger partial charge on any atom is -0.369 e. The lowest BCUT2D eigenvalue weighted by Crippen LogP contribution is -2.35. The van der Waals surface area contributed by atoms with Crippen LogP contribution in [-0.2, 0) is 0 Å². The monoisotopic (exact) mass is 361 g/mol. The number of anilines is 1. The van der Waals surface area contributed by atoms with E-state index < -0.39 is 0 Å². The molecule has 0 aliphatic carbocycles. The third kappa shape index (κ3) is 4.17. The van der Waals surface area contributed by atoms with Gasteiger partial charge in [-0.05, 0) is 50.6 Å². The molecule has 1 aliphatic rings. The average molecular weight is 361 g/mol. The number of amides is 1. The Bertz CT molecular complexity index is 914. The second-order valence-corrected chi connectivity index (χ2v) is 6.90. The Labute approximate surface area is 159 Å². The van der Waals surface area contributed by atoms with E-state index >= 15 is 0 Å². The fourth-order valence-electron chi connectivity index (χ4n) is 3.48. The molecule has 0 spiro atoms. The van der Waals surface area contributed by atoms with Crippen molar-refractivity contribution in [3.8, 4) is 6.07 Å². The van der Waals surface area contributed by atoms with Crippen molar-refractivity contribution in [2.45, 2.75) is 20.3 Å². The van der Waals surface area contributed by atoms with Crippen molar-refractivity contribution in [2.75, 3.05) is 31.1 Å². The first-order valence-electron chi connectivity index (χ1n) is 9.15. The van der Waals surface area contributed by atoms with Crippen LogP contribution in [0.2, 0.25) is 0 Å². The Morgan fingerprint density at radius 2 is 1.85 bits per heavy atom. The molecule has 2 aromatic carbocycles. The van der Waals surface area contributed by atoms with E-state index in [0.717, 1.165) is 24.2 Å². The van der Waals surface area contributed by atoms with Gasteiger partial charge in [0.25, 0.3) is 5.91 Å². The fraction of sp³-hybridized carbons (Fsp3) is 0.318. The molecule has 5 heteroatoms. The highest BCUT2D eigenvalue weighted by Gasteiger charge is 2.22. The zero-order valence-electron chi connectivity index (χ0n) is 15.7. The van der Waals surface area contributed by atoms with Gasteiger partial charge in [0.1, 0.15) is 0 Å². The molecule has 2 aromatic rings. The lowest BCUT2D eigenvalue weighted by molar-refractivity contribution is 0.0766. The highest BCUT2D eigenvalue weighted by atomic mass is 16.2. The molecule has 0 bridgehead atoms. The summed E-state index contributed by atoms with van der Waals surface area (Å²) < 4.78 is 0. The Kier molecular flexibility index (Phi) is 5.56. The number of hydrogen-bond donors (Lipinski definition) is 0. The van der Waals surface area contributed by atoms with E-state index in [-0.39, 0.29) is 11.7 Å². The first-order valence-corrected chi connectivity index (χ1v) is 9.15. The van der Waals surface area contributed by atoms with E-state index in [0.29, 0.717) is 36.3 Å². The zero-order valence-corrected chi connectivity index (χ0v) is 15.7. The van der Waals surface area contributed by atoms with E-state index in [2.05, 4.69) is 11.0 Å². The number of Topliss-reactive ketones (excluding diaryl/α,β-unsaturated/α-hetero) is 1. The van der Waals surface area contributed by atoms with E-state index in [1.165, 1.54) is 6.92 Å². The standard InChI is InChI=1S/C22H23N3O2/c1-16-5-3-6-19(13-16)22(27)25-10-4-9-24(11-12-25)21-14-18(15-23)7-8-20(21)17(2)26/h3,5-8,13-14H,4,9-12H2,1-2H3. The molecule has 0 unspecified atom stereocenters. The van der Waals surface area contributed by atoms with Gasteiger partial charge in [-0.3, -0.25) is 9.59 Å². The molecule has 1 saturated heterocycles. The number of rotatable bonds is 3. The number of carbonyl (C=O) groups is 2. The molecule has 0 atom stereocenters. The summed E-state index contributed by atoms with van der Waals surface area (Å²) in [7, 11) is 0. The molecular formula is C22H23N3O2. The molecule has 5 nitrogen and oxygen atoms in total. The summed E-state index contributed by atoms with van der Waals surface area (Å²) in [6.07, 6.45) is 0.811. The minimum absolute atomic E-state index is 0.0218. The van der Waals surface area contributed by atoms with Crippen LogP contribution in [0.1, 0.15) is 45.2 Å². The van der Waals surface area contributed by atoms with Gasteiger partial charge in [-0.15, -0.1) is 0 Å². The van der Waals surface area contributed by atoms with E-state index in [1.54, 1.807) is 18.2 Å². The summed E-state index contributed by atoms with van der Waals surface area (Å²) in [6, 6.07) is 14.9. The second kappa shape index (κ2) is 8.05. The van der Waals surface area contributed by atoms with Crippen LogP contribution < -0.4 is 4.90 Å². The summed E-state index contributed by atoms with van der Waals surface area (Å²) in [4.78, 5) is 28.8. The maximum absolute atomic E-state index is 12.8. The molecule has 1 aliphatic heterocycles. The molecule has 138 valence electrons. The van der Waals surface area contributed by atoms with Gasteiger partial charge in [0.15, 0.2) is 5.78 Å². The summed E-state index contributed by atoms with van der Waals surface area (Å²) in [5.74, 6) is 0.0181. The van der Waals surface area contributed by atoms with Crippen molar-refractivity contribution in [2.24, 2.45) is 0 Å². The first kappa shape index (κ1) is 18.7. The molecule has 27 heavy (non-hydrogen) atoms. The maximum Gasteiger partial charge on any atom is 0.253 e. The van der Waals surface area contributed by atoms with Crippen LogP contribution in [0.4, 0.5) is 5.69 Å². The summed E-state index contributed by atoms with van der Waals surface area (Å²) in [6.45, 7) is 6.15. The summed E-state index contributed by atoms with van der Waals surface area (Å²) in [5.41, 5.74) is 3.71. The Morgan fingerprint density at radius 3 is 2.56 bits per heavy atom. The molecule has 1 fully saturated rings. The predicted octanol–water partition coefficient (Wildman–Crippen LogP) is 3.42. The van der Waals surface area contributed by atoms with Crippen molar-refractivity contribution in [3.63, 3.8) is 0 Å². The van der Waals surface area contributed by atoms with Gasteiger partial charge in [-0.1, -0.05) is 17.7 Å². The second-order valence-electron chi connectivity index (χ2n) is 6.90. The van der Waals surface area contributed by atoms with Crippen LogP contribution in [0.3, 0.4) is 0 Å². The molecule has 3 rings (SSSR count). The molecule has 0 aromatic heterocycles. The fourth-order valence-corrected chi connectivity index (χ4v) is 3.48. The van der Waals surface area contributed by atoms with Gasteiger partial charge in [-0.25, -0.2) is 0 Å². The number of ketones is 1. The highest BCUT2D eigenvalue weighted by Crippen LogP contribution is 2.24. The van der Waals surface area contributed by atoms with Gasteiger partial charge in [0, 0.05) is 43.0 Å². The molecule has 0 N–H and O–H groups in total. The third-order valence-corrected chi connectivity index (χ3v) is 4.89. The van der Waals surface area contributed by atoms with Crippen LogP contribution in [-0.4, -0.2) is 42.8 Å². The van der Waals surface area contributed by atoms with Gasteiger partial charge in [-0.2, -0.15) is 5.26 Å². The number of benzene rings is 2. The number of aryl methyl sites for hydroxylation is 1. The number of nitrogens with zero attached hydrogens (tertiary/aromatic N) is 3. The highest BCUT2D eigenvalue weighted by molar-refractivity contribution is 6.00. The average Bonchev–Trinajstić information content (AvgIpc) is 2.93. The van der Waals surface area contributed by atoms with Crippen molar-refractivity contribution < 1.29 is 9.59 Å². The Hall–Kier alpha value is -3.13. The van der Waals surface area contributed by atoms with Crippen LogP contribution in [0.25, 0.3) is 0 Å². The van der Waals surface area contributed by atoms with Crippen LogP contribution in [0.5, 0.6) is 0 Å². The van der Waals surface area contributed by atoms with Gasteiger partial charge >= 0.3 is 0 Å². The van der Waals surface area contributed by atoms with Crippen molar-refractivity contribution >= 4 is 17.4 Å². The van der Waals surface area contributed by atoms with Crippen molar-refractivity contribution in [1.29, 1.82) is 5.26 Å². The normalized spacial score (nSPS) is 14.4. The lowest BCUT2D eigenvalue weighted by Gasteiger charge is -2.25. The Morgan fingerprint density at radius 1 is 1.04 bits per heavy atom. The molecular weight excluding hydrogens is 338 g/mol. The van der Waals surface area contributed by atoms with Crippen molar-refractivity contribution in [3.05, 3.63) is 64.7 Å². The quantitative estimate of drug-likeness (QED) is 0.786. The molecule has 0 saturated carbocycles. The molecule has 1 amide bonds. The molecule has 0 radical (unpaired) electrons. The third-order valence-electron chi connectivity index (χ3n) is 4.89. The van der Waals surface area contributed by atoms with Crippen LogP contribution >= 0.6 is 0 Å². The Balaban J connectivity index is 1.80. The zero-order chi connectivity index (χ0) is 19.4. The number of hydrogen-bond acceptors (Lipinski definition) is 4. The summed E-state index contributed by atoms with van der Waals surface area (Å²) in [5, 5.41) is 9.20. The minimum atomic E-state index is -0.0218. The van der Waals surface area contributed by atoms with Crippen LogP contribution in [0.15, 0.2) is 42.5 Å². The predicted molar refractivity (Wildman–Crippen MR) is 105 cm³/mol. The van der Waals surface area contributed by atoms with Crippen LogP contribution in [0, 0.1) is 18.3 Å². The molecule has 1 heterocycles. The number of nitriles is 1. The summed E-state index contributed by atoms with van der Waals surface area (Å²) >= 11 is 0. The SMILES string of the molecule is CC(=O)c1ccc(C#N)cc1N1CCCN(C(=O)c2cccc(C)c2)CC1. The smallest absolute Gasteiger partial charge is 0.253 e. The van der Waals surface area contributed by atoms with E-state index in [4.69, 9.17) is 0 Å². The van der Waals surface area contributed by atoms with E-state index in [1.807, 2.05) is 36.1 Å².